The molecular weight excluding hydrogens is 342 g/mol. The van der Waals surface area contributed by atoms with Gasteiger partial charge >= 0.3 is 0 Å². The Kier molecular flexibility index (Phi) is 5.81. The van der Waals surface area contributed by atoms with E-state index in [0.717, 1.165) is 28.7 Å². The molecular formula is C20H27N5S. The molecule has 0 fully saturated rings. The van der Waals surface area contributed by atoms with E-state index in [-0.39, 0.29) is 6.04 Å². The highest BCUT2D eigenvalue weighted by Crippen LogP contribution is 2.28. The Labute approximate surface area is 159 Å². The van der Waals surface area contributed by atoms with Crippen molar-refractivity contribution in [3.63, 3.8) is 0 Å². The van der Waals surface area contributed by atoms with Crippen molar-refractivity contribution in [3.05, 3.63) is 47.7 Å². The first-order valence-corrected chi connectivity index (χ1v) is 10.3. The van der Waals surface area contributed by atoms with Gasteiger partial charge in [-0.05, 0) is 30.1 Å². The summed E-state index contributed by atoms with van der Waals surface area (Å²) in [6.07, 6.45) is 4.93. The van der Waals surface area contributed by atoms with Gasteiger partial charge in [0.15, 0.2) is 10.8 Å². The van der Waals surface area contributed by atoms with Crippen molar-refractivity contribution in [3.8, 4) is 0 Å². The number of aromatic nitrogens is 4. The maximum absolute atomic E-state index is 4.71. The summed E-state index contributed by atoms with van der Waals surface area (Å²) < 4.78 is 1.84. The van der Waals surface area contributed by atoms with Crippen LogP contribution in [0.1, 0.15) is 57.2 Å². The van der Waals surface area contributed by atoms with Crippen LogP contribution in [-0.4, -0.2) is 25.8 Å². The smallest absolute Gasteiger partial charge is 0.228 e. The third-order valence-corrected chi connectivity index (χ3v) is 4.94. The van der Waals surface area contributed by atoms with Gasteiger partial charge in [-0.25, -0.2) is 4.98 Å². The van der Waals surface area contributed by atoms with Crippen LogP contribution in [0, 0.1) is 5.92 Å². The molecule has 1 N–H and O–H groups in total. The van der Waals surface area contributed by atoms with Gasteiger partial charge in [0.05, 0.1) is 12.2 Å². The number of hydrogen-bond acceptors (Lipinski definition) is 5. The van der Waals surface area contributed by atoms with Gasteiger partial charge in [-0.3, -0.25) is 0 Å². The highest BCUT2D eigenvalue weighted by atomic mass is 32.2. The van der Waals surface area contributed by atoms with Crippen molar-refractivity contribution < 1.29 is 0 Å². The first-order valence-electron chi connectivity index (χ1n) is 9.10. The molecule has 6 heteroatoms. The summed E-state index contributed by atoms with van der Waals surface area (Å²) in [5.74, 6) is 1.68. The third kappa shape index (κ3) is 4.01. The number of nitrogens with one attached hydrogen (secondary N) is 1. The maximum atomic E-state index is 4.71. The number of rotatable bonds is 7. The fourth-order valence-corrected chi connectivity index (χ4v) is 3.41. The molecule has 0 bridgehead atoms. The van der Waals surface area contributed by atoms with E-state index in [4.69, 9.17) is 4.98 Å². The summed E-state index contributed by atoms with van der Waals surface area (Å²) in [7, 11) is 0. The van der Waals surface area contributed by atoms with E-state index in [2.05, 4.69) is 67.4 Å². The van der Waals surface area contributed by atoms with Crippen molar-refractivity contribution in [2.45, 2.75) is 51.2 Å². The minimum Gasteiger partial charge on any atom is -0.347 e. The summed E-state index contributed by atoms with van der Waals surface area (Å²) in [6.45, 7) is 8.81. The molecule has 0 saturated heterocycles. The Bertz CT molecular complexity index is 857. The van der Waals surface area contributed by atoms with Gasteiger partial charge in [-0.15, -0.1) is 0 Å². The second-order valence-corrected chi connectivity index (χ2v) is 8.03. The van der Waals surface area contributed by atoms with Crippen LogP contribution >= 0.6 is 11.8 Å². The highest BCUT2D eigenvalue weighted by Gasteiger charge is 2.19. The van der Waals surface area contributed by atoms with Crippen molar-refractivity contribution in [2.75, 3.05) is 11.6 Å². The van der Waals surface area contributed by atoms with E-state index in [1.807, 2.05) is 23.0 Å². The predicted octanol–water partition coefficient (Wildman–Crippen LogP) is 5.17. The van der Waals surface area contributed by atoms with E-state index in [1.54, 1.807) is 11.8 Å². The average molecular weight is 370 g/mol. The topological polar surface area (TPSA) is 55.1 Å². The van der Waals surface area contributed by atoms with Crippen LogP contribution in [0.2, 0.25) is 0 Å². The Morgan fingerprint density at radius 1 is 1.08 bits per heavy atom. The Hall–Kier alpha value is -2.08. The minimum atomic E-state index is 0.177. The summed E-state index contributed by atoms with van der Waals surface area (Å²) >= 11 is 1.56. The molecule has 2 heterocycles. The molecule has 138 valence electrons. The van der Waals surface area contributed by atoms with E-state index >= 15 is 0 Å². The second kappa shape index (κ2) is 8.08. The zero-order valence-corrected chi connectivity index (χ0v) is 16.9. The lowest BCUT2D eigenvalue weighted by atomic mass is 9.97. The zero-order chi connectivity index (χ0) is 18.7. The van der Waals surface area contributed by atoms with Gasteiger partial charge in [-0.2, -0.15) is 14.6 Å². The highest BCUT2D eigenvalue weighted by molar-refractivity contribution is 7.98. The predicted molar refractivity (Wildman–Crippen MR) is 109 cm³/mol. The lowest BCUT2D eigenvalue weighted by Gasteiger charge is -2.22. The fraction of sp³-hybridized carbons (Fsp3) is 0.450. The molecule has 0 aliphatic carbocycles. The first-order chi connectivity index (χ1) is 12.5. The van der Waals surface area contributed by atoms with Crippen molar-refractivity contribution in [1.29, 1.82) is 0 Å². The summed E-state index contributed by atoms with van der Waals surface area (Å²) in [4.78, 5) is 9.39. The van der Waals surface area contributed by atoms with E-state index in [9.17, 15) is 0 Å². The monoisotopic (exact) mass is 369 g/mol. The number of fused-ring (bicyclic) bond motifs is 1. The van der Waals surface area contributed by atoms with Crippen LogP contribution in [0.5, 0.6) is 0 Å². The Morgan fingerprint density at radius 3 is 2.42 bits per heavy atom. The molecule has 3 aromatic rings. The molecule has 2 aromatic heterocycles. The molecule has 0 aliphatic rings. The van der Waals surface area contributed by atoms with Crippen LogP contribution < -0.4 is 5.32 Å². The molecule has 1 unspecified atom stereocenters. The standard InChI is InChI=1S/C20H27N5S/c1-13(2)11-17(15-9-7-6-8-10-15)22-19-24-20(26-5)23-18-16(14(3)4)12-21-25(18)19/h6-10,12-14,17H,11H2,1-5H3,(H,22,23,24). The maximum Gasteiger partial charge on any atom is 0.228 e. The van der Waals surface area contributed by atoms with Crippen LogP contribution in [0.15, 0.2) is 41.7 Å². The average Bonchev–Trinajstić information content (AvgIpc) is 3.05. The van der Waals surface area contributed by atoms with Crippen LogP contribution in [0.4, 0.5) is 5.95 Å². The lowest BCUT2D eigenvalue weighted by Crippen LogP contribution is -2.17. The van der Waals surface area contributed by atoms with Gasteiger partial charge < -0.3 is 5.32 Å². The number of thioether (sulfide) groups is 1. The number of anilines is 1. The zero-order valence-electron chi connectivity index (χ0n) is 16.1. The first kappa shape index (κ1) is 18.7. The molecule has 0 saturated carbocycles. The van der Waals surface area contributed by atoms with Gasteiger partial charge in [0.1, 0.15) is 0 Å². The van der Waals surface area contributed by atoms with Gasteiger partial charge in [0.25, 0.3) is 0 Å². The second-order valence-electron chi connectivity index (χ2n) is 7.26. The number of hydrogen-bond donors (Lipinski definition) is 1. The molecule has 0 radical (unpaired) electrons. The fourth-order valence-electron chi connectivity index (χ4n) is 3.06. The van der Waals surface area contributed by atoms with Crippen LogP contribution in [0.25, 0.3) is 5.65 Å². The molecule has 26 heavy (non-hydrogen) atoms. The SMILES string of the molecule is CSc1nc(NC(CC(C)C)c2ccccc2)n2ncc(C(C)C)c2n1. The summed E-state index contributed by atoms with van der Waals surface area (Å²) in [6, 6.07) is 10.7. The lowest BCUT2D eigenvalue weighted by molar-refractivity contribution is 0.526. The van der Waals surface area contributed by atoms with Crippen LogP contribution in [0.3, 0.4) is 0 Å². The van der Waals surface area contributed by atoms with Crippen molar-refractivity contribution >= 4 is 23.4 Å². The van der Waals surface area contributed by atoms with E-state index in [1.165, 1.54) is 5.56 Å². The van der Waals surface area contributed by atoms with Crippen molar-refractivity contribution in [1.82, 2.24) is 19.6 Å². The normalized spacial score (nSPS) is 12.9. The van der Waals surface area contributed by atoms with E-state index < -0.39 is 0 Å². The van der Waals surface area contributed by atoms with Gasteiger partial charge in [0, 0.05) is 5.56 Å². The molecule has 0 amide bonds. The number of nitrogens with zero attached hydrogens (tertiary/aromatic N) is 4. The molecule has 1 atom stereocenters. The van der Waals surface area contributed by atoms with Crippen LogP contribution in [-0.2, 0) is 0 Å². The van der Waals surface area contributed by atoms with Gasteiger partial charge in [-0.1, -0.05) is 69.8 Å². The van der Waals surface area contributed by atoms with E-state index in [0.29, 0.717) is 11.8 Å². The molecule has 1 aromatic carbocycles. The van der Waals surface area contributed by atoms with Crippen molar-refractivity contribution in [2.24, 2.45) is 5.92 Å². The summed E-state index contributed by atoms with van der Waals surface area (Å²) in [5, 5.41) is 8.96. The molecule has 0 aliphatic heterocycles. The Morgan fingerprint density at radius 2 is 1.81 bits per heavy atom. The Balaban J connectivity index is 2.05. The van der Waals surface area contributed by atoms with Gasteiger partial charge in [0.2, 0.25) is 5.95 Å². The molecule has 0 spiro atoms. The quantitative estimate of drug-likeness (QED) is 0.582. The third-order valence-electron chi connectivity index (χ3n) is 4.39. The largest absolute Gasteiger partial charge is 0.347 e. The molecule has 5 nitrogen and oxygen atoms in total. The number of benzene rings is 1. The molecule has 3 rings (SSSR count). The minimum absolute atomic E-state index is 0.177. The summed E-state index contributed by atoms with van der Waals surface area (Å²) in [5.41, 5.74) is 3.29.